The Kier molecular flexibility index (Phi) is 17.0. The van der Waals surface area contributed by atoms with E-state index in [4.69, 9.17) is 19.9 Å². The second-order valence-electron chi connectivity index (χ2n) is 21.2. The fourth-order valence-electron chi connectivity index (χ4n) is 9.14. The van der Waals surface area contributed by atoms with Crippen molar-refractivity contribution >= 4 is 45.3 Å². The second kappa shape index (κ2) is 23.6. The quantitative estimate of drug-likeness (QED) is 0.0397. The maximum atomic E-state index is 14.2. The predicted molar refractivity (Wildman–Crippen MR) is 298 cm³/mol. The number of nitrogens with one attached hydrogen (secondary N) is 2. The van der Waals surface area contributed by atoms with Gasteiger partial charge in [0.1, 0.15) is 22.0 Å². The Morgan fingerprint density at radius 3 is 1.53 bits per heavy atom. The summed E-state index contributed by atoms with van der Waals surface area (Å²) in [7, 11) is 8.24. The number of hydrogen-bond donors (Lipinski definition) is 4. The van der Waals surface area contributed by atoms with Gasteiger partial charge in [-0.2, -0.15) is 9.97 Å². The molecule has 8 aromatic rings. The van der Waals surface area contributed by atoms with Crippen LogP contribution in [-0.2, 0) is 37.1 Å². The minimum Gasteiger partial charge on any atom is -0.384 e. The summed E-state index contributed by atoms with van der Waals surface area (Å²) in [5.74, 6) is 1.78. The van der Waals surface area contributed by atoms with Gasteiger partial charge in [0.25, 0.3) is 11.1 Å². The smallest absolute Gasteiger partial charge is 0.278 e. The van der Waals surface area contributed by atoms with E-state index in [0.717, 1.165) is 63.0 Å². The number of benzene rings is 2. The lowest BCUT2D eigenvalue weighted by molar-refractivity contribution is 0.0364. The van der Waals surface area contributed by atoms with Crippen LogP contribution >= 0.6 is 0 Å². The molecule has 4 N–H and O–H groups in total. The summed E-state index contributed by atoms with van der Waals surface area (Å²) in [6.07, 6.45) is 10.2. The van der Waals surface area contributed by atoms with E-state index in [1.54, 1.807) is 64.0 Å². The third kappa shape index (κ3) is 13.2. The molecule has 6 heterocycles. The Morgan fingerprint density at radius 2 is 1.07 bits per heavy atom. The van der Waals surface area contributed by atoms with Crippen LogP contribution in [0, 0.1) is 5.92 Å². The zero-order chi connectivity index (χ0) is 53.4. The van der Waals surface area contributed by atoms with Crippen molar-refractivity contribution in [3.63, 3.8) is 0 Å². The maximum Gasteiger partial charge on any atom is 0.278 e. The van der Waals surface area contributed by atoms with Gasteiger partial charge in [-0.1, -0.05) is 63.1 Å². The summed E-state index contributed by atoms with van der Waals surface area (Å²) >= 11 is 0. The highest BCUT2D eigenvalue weighted by atomic mass is 16.3. The molecule has 0 aliphatic rings. The molecule has 8 rings (SSSR count). The van der Waals surface area contributed by atoms with Crippen molar-refractivity contribution in [2.45, 2.75) is 117 Å². The van der Waals surface area contributed by atoms with Gasteiger partial charge in [0.05, 0.1) is 11.4 Å². The van der Waals surface area contributed by atoms with Crippen LogP contribution < -0.4 is 21.8 Å². The summed E-state index contributed by atoms with van der Waals surface area (Å²) in [6, 6.07) is 27.3. The van der Waals surface area contributed by atoms with Gasteiger partial charge in [-0.15, -0.1) is 0 Å². The van der Waals surface area contributed by atoms with Crippen LogP contribution in [0.15, 0.2) is 107 Å². The Labute approximate surface area is 439 Å². The first-order chi connectivity index (χ1) is 35.9. The van der Waals surface area contributed by atoms with Gasteiger partial charge in [-0.05, 0) is 159 Å². The van der Waals surface area contributed by atoms with E-state index in [9.17, 15) is 19.8 Å². The number of hydrogen-bond acceptors (Lipinski definition) is 14. The molecule has 0 aliphatic carbocycles. The highest BCUT2D eigenvalue weighted by Crippen LogP contribution is 2.30. The molecular weight excluding hydrogens is 945 g/mol. The first kappa shape index (κ1) is 54.2. The van der Waals surface area contributed by atoms with E-state index in [-0.39, 0.29) is 17.0 Å². The summed E-state index contributed by atoms with van der Waals surface area (Å²) in [6.45, 7) is 12.1. The molecule has 6 aromatic heterocycles. The predicted octanol–water partition coefficient (Wildman–Crippen LogP) is 8.49. The van der Waals surface area contributed by atoms with Gasteiger partial charge in [0.2, 0.25) is 11.9 Å². The number of aliphatic hydroxyl groups is 2. The molecule has 0 fully saturated rings. The molecule has 18 heteroatoms. The normalized spacial score (nSPS) is 13.3. The molecule has 2 unspecified atom stereocenters. The number of pyridine rings is 2. The van der Waals surface area contributed by atoms with E-state index in [2.05, 4.69) is 96.7 Å². The number of nitrogens with zero attached hydrogens (tertiary/aromatic N) is 12. The zero-order valence-electron chi connectivity index (χ0n) is 45.1. The average Bonchev–Trinajstić information content (AvgIpc) is 3.82. The molecule has 75 heavy (non-hydrogen) atoms. The number of likely N-dealkylation sites (N-methyl/N-ethyl adjacent to an activating group) is 2. The van der Waals surface area contributed by atoms with Crippen molar-refractivity contribution < 1.29 is 10.2 Å². The van der Waals surface area contributed by atoms with Crippen LogP contribution in [0.2, 0.25) is 0 Å². The number of anilines is 4. The Morgan fingerprint density at radius 1 is 0.600 bits per heavy atom. The number of fused-ring (bicyclic) bond motifs is 2. The lowest BCUT2D eigenvalue weighted by atomic mass is 9.89. The van der Waals surface area contributed by atoms with E-state index in [1.165, 1.54) is 11.1 Å². The topological polar surface area (TPSA) is 202 Å². The van der Waals surface area contributed by atoms with Crippen molar-refractivity contribution in [2.75, 3.05) is 51.9 Å². The van der Waals surface area contributed by atoms with Gasteiger partial charge >= 0.3 is 0 Å². The Bertz CT molecular complexity index is 3310. The number of aromatic nitrogens is 10. The van der Waals surface area contributed by atoms with Crippen molar-refractivity contribution in [1.82, 2.24) is 58.4 Å². The molecule has 2 atom stereocenters. The van der Waals surface area contributed by atoms with Crippen molar-refractivity contribution in [3.8, 4) is 11.6 Å². The third-order valence-corrected chi connectivity index (χ3v) is 13.7. The average molecular weight is 1020 g/mol. The molecular formula is C57H74N14O4. The van der Waals surface area contributed by atoms with Gasteiger partial charge in [-0.3, -0.25) is 9.59 Å². The SMILES string of the molecule is CCCCCn1c(=O)c2cnc(Nc3ccc(CCN(C)C)cc3)nc2n1-c1cccc(C(C)(O)CCC(C)CCCn2c(=O)c3cnc(Nc4ccc(CCN(C)C)cc4)nc3n2-c2cccc(C(C)(C)O)n2)n1. The molecule has 0 amide bonds. The van der Waals surface area contributed by atoms with Crippen LogP contribution in [0.1, 0.15) is 102 Å². The molecule has 0 radical (unpaired) electrons. The minimum atomic E-state index is -1.31. The van der Waals surface area contributed by atoms with Crippen molar-refractivity contribution in [2.24, 2.45) is 5.92 Å². The number of unbranched alkanes of at least 4 members (excludes halogenated alkanes) is 2. The molecule has 2 aromatic carbocycles. The third-order valence-electron chi connectivity index (χ3n) is 13.7. The van der Waals surface area contributed by atoms with Crippen molar-refractivity contribution in [1.29, 1.82) is 0 Å². The van der Waals surface area contributed by atoms with E-state index >= 15 is 0 Å². The van der Waals surface area contributed by atoms with Gasteiger partial charge < -0.3 is 30.6 Å². The molecule has 0 spiro atoms. The fourth-order valence-corrected chi connectivity index (χ4v) is 9.14. The first-order valence-electron chi connectivity index (χ1n) is 26.3. The largest absolute Gasteiger partial charge is 0.384 e. The standard InChI is InChI=1S/C57H74N14O4/c1-10-11-12-33-68-52(72)44-37-58-55(61-43-27-23-41(24-28-43)31-36-67(8)9)65-51(44)71(68)49-20-14-18-47(63-49)57(5,75)32-29-39(2)16-15-34-69-53(73)45-38-59-54(60-42-25-21-40(22-26-42)30-35-66(6)7)64-50(45)70(69)48-19-13-17-46(62-48)56(3,4)74/h13-14,17-28,37-39,74-75H,10-12,15-16,29-36H2,1-9H3,(H,58,61,65)(H,59,60,64). The van der Waals surface area contributed by atoms with Crippen LogP contribution in [0.3, 0.4) is 0 Å². The summed E-state index contributed by atoms with van der Waals surface area (Å²) in [5, 5.41) is 30.4. The van der Waals surface area contributed by atoms with E-state index in [1.807, 2.05) is 48.5 Å². The summed E-state index contributed by atoms with van der Waals surface area (Å²) in [4.78, 5) is 61.2. The summed E-state index contributed by atoms with van der Waals surface area (Å²) in [5.41, 5.74) is 2.88. The minimum absolute atomic E-state index is 0.170. The highest BCUT2D eigenvalue weighted by Gasteiger charge is 2.28. The molecule has 0 saturated heterocycles. The molecule has 0 aliphatic heterocycles. The zero-order valence-corrected chi connectivity index (χ0v) is 45.1. The van der Waals surface area contributed by atoms with E-state index < -0.39 is 11.2 Å². The molecule has 396 valence electrons. The Balaban J connectivity index is 0.989. The Hall–Kier alpha value is -7.12. The fraction of sp³-hybridized carbons (Fsp3) is 0.439. The van der Waals surface area contributed by atoms with Crippen LogP contribution in [0.4, 0.5) is 23.3 Å². The molecule has 0 saturated carbocycles. The van der Waals surface area contributed by atoms with Crippen molar-refractivity contribution in [3.05, 3.63) is 141 Å². The van der Waals surface area contributed by atoms with Crippen LogP contribution in [0.5, 0.6) is 0 Å². The first-order valence-corrected chi connectivity index (χ1v) is 26.3. The van der Waals surface area contributed by atoms with Gasteiger partial charge in [0.15, 0.2) is 22.9 Å². The lowest BCUT2D eigenvalue weighted by Crippen LogP contribution is -2.26. The van der Waals surface area contributed by atoms with Gasteiger partial charge in [0, 0.05) is 49.9 Å². The van der Waals surface area contributed by atoms with Crippen LogP contribution in [0.25, 0.3) is 33.7 Å². The highest BCUT2D eigenvalue weighted by molar-refractivity contribution is 5.78. The second-order valence-corrected chi connectivity index (χ2v) is 21.2. The monoisotopic (exact) mass is 1020 g/mol. The van der Waals surface area contributed by atoms with Gasteiger partial charge in [-0.25, -0.2) is 38.7 Å². The van der Waals surface area contributed by atoms with Crippen LogP contribution in [-0.4, -0.2) is 110 Å². The van der Waals surface area contributed by atoms with E-state index in [0.29, 0.717) is 89.3 Å². The lowest BCUT2D eigenvalue weighted by Gasteiger charge is -2.25. The summed E-state index contributed by atoms with van der Waals surface area (Å²) < 4.78 is 6.82. The molecule has 18 nitrogen and oxygen atoms in total. The maximum absolute atomic E-state index is 14.2. The molecule has 0 bridgehead atoms. The number of rotatable bonds is 25.